The number of carboxylic acids is 1. The van der Waals surface area contributed by atoms with Crippen LogP contribution >= 0.6 is 0 Å². The molecular formula is C13H14F2N2O3. The molecule has 1 aliphatic rings. The normalized spacial score (nSPS) is 18.1. The van der Waals surface area contributed by atoms with Crippen LogP contribution in [0.3, 0.4) is 0 Å². The zero-order chi connectivity index (χ0) is 14.7. The molecule has 0 bridgehead atoms. The molecule has 1 aliphatic heterocycles. The van der Waals surface area contributed by atoms with Crippen LogP contribution in [0.5, 0.6) is 0 Å². The molecule has 2 amide bonds. The summed E-state index contributed by atoms with van der Waals surface area (Å²) in [4.78, 5) is 23.9. The Morgan fingerprint density at radius 3 is 2.85 bits per heavy atom. The second-order valence-corrected chi connectivity index (χ2v) is 4.75. The van der Waals surface area contributed by atoms with Crippen LogP contribution in [0.2, 0.25) is 0 Å². The summed E-state index contributed by atoms with van der Waals surface area (Å²) in [7, 11) is 0. The Morgan fingerprint density at radius 1 is 1.40 bits per heavy atom. The van der Waals surface area contributed by atoms with Gasteiger partial charge in [-0.05, 0) is 24.5 Å². The molecule has 20 heavy (non-hydrogen) atoms. The van der Waals surface area contributed by atoms with E-state index in [0.29, 0.717) is 19.5 Å². The lowest BCUT2D eigenvalue weighted by atomic mass is 10.1. The van der Waals surface area contributed by atoms with E-state index in [2.05, 4.69) is 5.32 Å². The number of aliphatic carboxylic acids is 1. The molecule has 2 N–H and O–H groups in total. The highest BCUT2D eigenvalue weighted by Gasteiger charge is 2.28. The third kappa shape index (κ3) is 3.43. The van der Waals surface area contributed by atoms with Crippen LogP contribution in [0.15, 0.2) is 18.2 Å². The first-order chi connectivity index (χ1) is 9.45. The van der Waals surface area contributed by atoms with Gasteiger partial charge in [0, 0.05) is 25.6 Å². The second kappa shape index (κ2) is 5.85. The average Bonchev–Trinajstić information content (AvgIpc) is 2.81. The highest BCUT2D eigenvalue weighted by molar-refractivity contribution is 5.89. The van der Waals surface area contributed by atoms with Crippen LogP contribution in [0.1, 0.15) is 12.8 Å². The molecule has 0 spiro atoms. The van der Waals surface area contributed by atoms with Crippen LogP contribution in [0.4, 0.5) is 19.3 Å². The average molecular weight is 284 g/mol. The number of nitrogens with zero attached hydrogens (tertiary/aromatic N) is 1. The summed E-state index contributed by atoms with van der Waals surface area (Å²) in [5, 5.41) is 11.0. The SMILES string of the molecule is O=C(O)CC1CCN(C(=O)Nc2cc(F)ccc2F)C1. The number of hydrogen-bond donors (Lipinski definition) is 2. The largest absolute Gasteiger partial charge is 0.481 e. The molecule has 7 heteroatoms. The zero-order valence-corrected chi connectivity index (χ0v) is 10.6. The van der Waals surface area contributed by atoms with E-state index in [0.717, 1.165) is 18.2 Å². The summed E-state index contributed by atoms with van der Waals surface area (Å²) >= 11 is 0. The minimum atomic E-state index is -0.909. The lowest BCUT2D eigenvalue weighted by Gasteiger charge is -2.17. The number of benzene rings is 1. The van der Waals surface area contributed by atoms with Gasteiger partial charge >= 0.3 is 12.0 Å². The zero-order valence-electron chi connectivity index (χ0n) is 10.6. The lowest BCUT2D eigenvalue weighted by Crippen LogP contribution is -2.33. The van der Waals surface area contributed by atoms with Crippen LogP contribution in [0.25, 0.3) is 0 Å². The molecular weight excluding hydrogens is 270 g/mol. The molecule has 1 saturated heterocycles. The number of likely N-dealkylation sites (tertiary alicyclic amines) is 1. The molecule has 0 aromatic heterocycles. The fourth-order valence-corrected chi connectivity index (χ4v) is 2.22. The number of carbonyl (C=O) groups excluding carboxylic acids is 1. The van der Waals surface area contributed by atoms with Crippen molar-refractivity contribution in [3.8, 4) is 0 Å². The highest BCUT2D eigenvalue weighted by atomic mass is 19.1. The van der Waals surface area contributed by atoms with Gasteiger partial charge in [0.1, 0.15) is 11.6 Å². The predicted molar refractivity (Wildman–Crippen MR) is 67.3 cm³/mol. The van der Waals surface area contributed by atoms with Crippen molar-refractivity contribution in [3.63, 3.8) is 0 Å². The fourth-order valence-electron chi connectivity index (χ4n) is 2.22. The topological polar surface area (TPSA) is 69.6 Å². The molecule has 0 radical (unpaired) electrons. The number of halogens is 2. The summed E-state index contributed by atoms with van der Waals surface area (Å²) in [5.41, 5.74) is -0.225. The number of anilines is 1. The molecule has 1 aromatic carbocycles. The maximum absolute atomic E-state index is 13.4. The molecule has 1 aromatic rings. The van der Waals surface area contributed by atoms with Gasteiger partial charge in [-0.25, -0.2) is 13.6 Å². The number of carbonyl (C=O) groups is 2. The van der Waals surface area contributed by atoms with Gasteiger partial charge in [-0.15, -0.1) is 0 Å². The van der Waals surface area contributed by atoms with Crippen LogP contribution in [-0.4, -0.2) is 35.1 Å². The van der Waals surface area contributed by atoms with E-state index in [9.17, 15) is 18.4 Å². The van der Waals surface area contributed by atoms with E-state index >= 15 is 0 Å². The number of carboxylic acid groups (broad SMARTS) is 1. The van der Waals surface area contributed by atoms with Crippen molar-refractivity contribution in [3.05, 3.63) is 29.8 Å². The highest BCUT2D eigenvalue weighted by Crippen LogP contribution is 2.21. The molecule has 1 unspecified atom stereocenters. The van der Waals surface area contributed by atoms with Crippen molar-refractivity contribution in [1.29, 1.82) is 0 Å². The van der Waals surface area contributed by atoms with Gasteiger partial charge in [-0.1, -0.05) is 0 Å². The number of amides is 2. The smallest absolute Gasteiger partial charge is 0.321 e. The number of urea groups is 1. The van der Waals surface area contributed by atoms with Crippen molar-refractivity contribution in [2.75, 3.05) is 18.4 Å². The van der Waals surface area contributed by atoms with E-state index in [4.69, 9.17) is 5.11 Å². The Hall–Kier alpha value is -2.18. The van der Waals surface area contributed by atoms with Gasteiger partial charge in [0.15, 0.2) is 0 Å². The second-order valence-electron chi connectivity index (χ2n) is 4.75. The summed E-state index contributed by atoms with van der Waals surface area (Å²) in [5.74, 6) is -2.38. The Balaban J connectivity index is 1.96. The quantitative estimate of drug-likeness (QED) is 0.894. The molecule has 108 valence electrons. The Labute approximate surface area is 114 Å². The van der Waals surface area contributed by atoms with Crippen LogP contribution < -0.4 is 5.32 Å². The maximum Gasteiger partial charge on any atom is 0.321 e. The van der Waals surface area contributed by atoms with Gasteiger partial charge in [-0.3, -0.25) is 4.79 Å². The van der Waals surface area contributed by atoms with Gasteiger partial charge in [-0.2, -0.15) is 0 Å². The third-order valence-corrected chi connectivity index (χ3v) is 3.21. The van der Waals surface area contributed by atoms with Crippen molar-refractivity contribution in [2.45, 2.75) is 12.8 Å². The van der Waals surface area contributed by atoms with E-state index in [-0.39, 0.29) is 18.0 Å². The first-order valence-electron chi connectivity index (χ1n) is 6.18. The molecule has 2 rings (SSSR count). The minimum Gasteiger partial charge on any atom is -0.481 e. The van der Waals surface area contributed by atoms with Crippen molar-refractivity contribution in [1.82, 2.24) is 4.90 Å². The first-order valence-corrected chi connectivity index (χ1v) is 6.18. The summed E-state index contributed by atoms with van der Waals surface area (Å²) in [6.45, 7) is 0.704. The summed E-state index contributed by atoms with van der Waals surface area (Å²) in [6.07, 6.45) is 0.587. The lowest BCUT2D eigenvalue weighted by molar-refractivity contribution is -0.138. The van der Waals surface area contributed by atoms with Gasteiger partial charge in [0.2, 0.25) is 0 Å². The molecule has 1 fully saturated rings. The van der Waals surface area contributed by atoms with Crippen molar-refractivity contribution in [2.24, 2.45) is 5.92 Å². The van der Waals surface area contributed by atoms with Crippen LogP contribution in [0, 0.1) is 17.6 Å². The molecule has 0 saturated carbocycles. The Morgan fingerprint density at radius 2 is 2.15 bits per heavy atom. The standard InChI is InChI=1S/C13H14F2N2O3/c14-9-1-2-10(15)11(6-9)16-13(20)17-4-3-8(7-17)5-12(18)19/h1-2,6,8H,3-5,7H2,(H,16,20)(H,18,19). The van der Waals surface area contributed by atoms with E-state index in [1.54, 1.807) is 0 Å². The monoisotopic (exact) mass is 284 g/mol. The maximum atomic E-state index is 13.4. The van der Waals surface area contributed by atoms with Gasteiger partial charge in [0.25, 0.3) is 0 Å². The Bertz CT molecular complexity index is 536. The predicted octanol–water partition coefficient (Wildman–Crippen LogP) is 2.29. The molecule has 1 heterocycles. The van der Waals surface area contributed by atoms with E-state index in [1.165, 1.54) is 4.90 Å². The summed E-state index contributed by atoms with van der Waals surface area (Å²) in [6, 6.07) is 2.24. The molecule has 1 atom stereocenters. The molecule has 5 nitrogen and oxygen atoms in total. The minimum absolute atomic E-state index is 0.00188. The Kier molecular flexibility index (Phi) is 4.16. The van der Waals surface area contributed by atoms with Crippen molar-refractivity contribution < 1.29 is 23.5 Å². The van der Waals surface area contributed by atoms with Gasteiger partial charge in [0.05, 0.1) is 5.69 Å². The first kappa shape index (κ1) is 14.2. The number of nitrogens with one attached hydrogen (secondary N) is 1. The summed E-state index contributed by atoms with van der Waals surface area (Å²) < 4.78 is 26.4. The van der Waals surface area contributed by atoms with E-state index in [1.807, 2.05) is 0 Å². The van der Waals surface area contributed by atoms with Crippen molar-refractivity contribution >= 4 is 17.7 Å². The number of hydrogen-bond acceptors (Lipinski definition) is 2. The third-order valence-electron chi connectivity index (χ3n) is 3.21. The van der Waals surface area contributed by atoms with Gasteiger partial charge < -0.3 is 15.3 Å². The van der Waals surface area contributed by atoms with E-state index < -0.39 is 23.6 Å². The number of rotatable bonds is 3. The van der Waals surface area contributed by atoms with Crippen LogP contribution in [-0.2, 0) is 4.79 Å². The fraction of sp³-hybridized carbons (Fsp3) is 0.385. The molecule has 0 aliphatic carbocycles.